The average molecular weight is 290 g/mol. The van der Waals surface area contributed by atoms with Crippen LogP contribution in [0.5, 0.6) is 0 Å². The Morgan fingerprint density at radius 2 is 1.67 bits per heavy atom. The van der Waals surface area contributed by atoms with Crippen LogP contribution in [0.3, 0.4) is 0 Å². The van der Waals surface area contributed by atoms with Gasteiger partial charge in [0.25, 0.3) is 0 Å². The summed E-state index contributed by atoms with van der Waals surface area (Å²) in [4.78, 5) is 24.0. The molecule has 1 rings (SSSR count). The van der Waals surface area contributed by atoms with Crippen LogP contribution in [-0.4, -0.2) is 11.6 Å². The predicted molar refractivity (Wildman–Crippen MR) is 88.2 cm³/mol. The molecule has 2 heteroatoms. The van der Waals surface area contributed by atoms with Gasteiger partial charge < -0.3 is 0 Å². The Kier molecular flexibility index (Phi) is 9.77. The molecule has 0 radical (unpaired) electrons. The highest BCUT2D eigenvalue weighted by Crippen LogP contribution is 2.19. The molecule has 21 heavy (non-hydrogen) atoms. The number of hydrogen-bond acceptors (Lipinski definition) is 2. The first-order valence-corrected chi connectivity index (χ1v) is 8.54. The van der Waals surface area contributed by atoms with Gasteiger partial charge >= 0.3 is 0 Å². The van der Waals surface area contributed by atoms with Crippen molar-refractivity contribution >= 4 is 11.6 Å². The molecule has 0 amide bonds. The van der Waals surface area contributed by atoms with Gasteiger partial charge in [-0.05, 0) is 44.9 Å². The molecule has 1 aliphatic rings. The summed E-state index contributed by atoms with van der Waals surface area (Å²) >= 11 is 0. The lowest BCUT2D eigenvalue weighted by Gasteiger charge is -2.14. The van der Waals surface area contributed by atoms with Gasteiger partial charge in [-0.2, -0.15) is 0 Å². The predicted octanol–water partition coefficient (Wildman–Crippen LogP) is 5.18. The molecule has 0 aromatic carbocycles. The SMILES string of the molecule is C=CCC1CCCCC/C=C\CCCC(=O)CCCC1=O. The Balaban J connectivity index is 2.49. The van der Waals surface area contributed by atoms with Crippen molar-refractivity contribution in [1.82, 2.24) is 0 Å². The Hall–Kier alpha value is -1.18. The number of Topliss-reactive ketones (excluding diaryl/α,β-unsaturated/α-hetero) is 2. The summed E-state index contributed by atoms with van der Waals surface area (Å²) in [7, 11) is 0. The molecule has 0 spiro atoms. The van der Waals surface area contributed by atoms with Crippen LogP contribution in [0.4, 0.5) is 0 Å². The second-order valence-corrected chi connectivity index (χ2v) is 6.08. The normalized spacial score (nSPS) is 25.4. The highest BCUT2D eigenvalue weighted by molar-refractivity contribution is 5.82. The molecule has 0 saturated heterocycles. The molecule has 0 bridgehead atoms. The zero-order valence-electron chi connectivity index (χ0n) is 13.3. The van der Waals surface area contributed by atoms with Crippen molar-refractivity contribution in [1.29, 1.82) is 0 Å². The summed E-state index contributed by atoms with van der Waals surface area (Å²) in [5.41, 5.74) is 0. The van der Waals surface area contributed by atoms with Crippen molar-refractivity contribution in [3.8, 4) is 0 Å². The minimum atomic E-state index is 0.126. The smallest absolute Gasteiger partial charge is 0.136 e. The maximum atomic E-state index is 12.2. The van der Waals surface area contributed by atoms with Crippen LogP contribution in [0.2, 0.25) is 0 Å². The highest BCUT2D eigenvalue weighted by atomic mass is 16.1. The van der Waals surface area contributed by atoms with Crippen LogP contribution in [0.15, 0.2) is 24.8 Å². The van der Waals surface area contributed by atoms with Crippen molar-refractivity contribution in [3.05, 3.63) is 24.8 Å². The first kappa shape index (κ1) is 17.9. The van der Waals surface area contributed by atoms with Crippen molar-refractivity contribution < 1.29 is 9.59 Å². The number of hydrogen-bond donors (Lipinski definition) is 0. The van der Waals surface area contributed by atoms with E-state index in [9.17, 15) is 9.59 Å². The summed E-state index contributed by atoms with van der Waals surface area (Å²) in [6.07, 6.45) is 17.2. The minimum Gasteiger partial charge on any atom is -0.300 e. The van der Waals surface area contributed by atoms with Crippen LogP contribution in [0.1, 0.15) is 77.0 Å². The fourth-order valence-electron chi connectivity index (χ4n) is 2.88. The first-order valence-electron chi connectivity index (χ1n) is 8.54. The summed E-state index contributed by atoms with van der Waals surface area (Å²) in [6, 6.07) is 0. The van der Waals surface area contributed by atoms with E-state index in [4.69, 9.17) is 0 Å². The monoisotopic (exact) mass is 290 g/mol. The van der Waals surface area contributed by atoms with Gasteiger partial charge in [-0.15, -0.1) is 6.58 Å². The number of ketones is 2. The number of allylic oxidation sites excluding steroid dienone is 3. The standard InChI is InChI=1S/C19H30O2/c1-2-12-17-13-9-7-5-3-4-6-8-10-14-18(20)15-11-16-19(17)21/h2,4,6,17H,1,3,5,7-16H2/b6-4-. The molecule has 118 valence electrons. The average Bonchev–Trinajstić information content (AvgIpc) is 2.46. The molecule has 2 nitrogen and oxygen atoms in total. The van der Waals surface area contributed by atoms with E-state index in [1.807, 2.05) is 6.08 Å². The quantitative estimate of drug-likeness (QED) is 0.657. The molecule has 0 heterocycles. The topological polar surface area (TPSA) is 34.1 Å². The van der Waals surface area contributed by atoms with Gasteiger partial charge in [-0.3, -0.25) is 9.59 Å². The summed E-state index contributed by atoms with van der Waals surface area (Å²) in [5, 5.41) is 0. The third-order valence-corrected chi connectivity index (χ3v) is 4.20. The van der Waals surface area contributed by atoms with Gasteiger partial charge in [-0.1, -0.05) is 31.1 Å². The van der Waals surface area contributed by atoms with E-state index in [1.165, 1.54) is 12.8 Å². The lowest BCUT2D eigenvalue weighted by atomic mass is 9.90. The van der Waals surface area contributed by atoms with Gasteiger partial charge in [0.1, 0.15) is 11.6 Å². The van der Waals surface area contributed by atoms with Crippen LogP contribution >= 0.6 is 0 Å². The zero-order valence-corrected chi connectivity index (χ0v) is 13.3. The van der Waals surface area contributed by atoms with E-state index in [1.54, 1.807) is 0 Å². The molecule has 1 aliphatic carbocycles. The Morgan fingerprint density at radius 1 is 0.952 bits per heavy atom. The maximum absolute atomic E-state index is 12.2. The molecule has 0 aromatic heterocycles. The van der Waals surface area contributed by atoms with E-state index in [0.717, 1.165) is 44.9 Å². The van der Waals surface area contributed by atoms with Gasteiger partial charge in [0.15, 0.2) is 0 Å². The van der Waals surface area contributed by atoms with Crippen LogP contribution < -0.4 is 0 Å². The Bertz CT molecular complexity index is 355. The molecular weight excluding hydrogens is 260 g/mol. The summed E-state index contributed by atoms with van der Waals surface area (Å²) < 4.78 is 0. The fourth-order valence-corrected chi connectivity index (χ4v) is 2.88. The maximum Gasteiger partial charge on any atom is 0.136 e. The van der Waals surface area contributed by atoms with Crippen molar-refractivity contribution in [2.75, 3.05) is 0 Å². The van der Waals surface area contributed by atoms with Crippen molar-refractivity contribution in [2.45, 2.75) is 77.0 Å². The molecule has 0 aliphatic heterocycles. The van der Waals surface area contributed by atoms with Crippen LogP contribution in [0, 0.1) is 5.92 Å². The lowest BCUT2D eigenvalue weighted by molar-refractivity contribution is -0.123. The first-order chi connectivity index (χ1) is 10.2. The van der Waals surface area contributed by atoms with E-state index in [2.05, 4.69) is 18.7 Å². The van der Waals surface area contributed by atoms with Gasteiger partial charge in [0.2, 0.25) is 0 Å². The molecule has 1 unspecified atom stereocenters. The summed E-state index contributed by atoms with van der Waals surface area (Å²) in [5.74, 6) is 0.763. The minimum absolute atomic E-state index is 0.126. The van der Waals surface area contributed by atoms with Crippen LogP contribution in [0.25, 0.3) is 0 Å². The van der Waals surface area contributed by atoms with Crippen molar-refractivity contribution in [3.63, 3.8) is 0 Å². The zero-order chi connectivity index (χ0) is 15.3. The molecule has 1 atom stereocenters. The van der Waals surface area contributed by atoms with Gasteiger partial charge in [0, 0.05) is 25.2 Å². The van der Waals surface area contributed by atoms with Crippen molar-refractivity contribution in [2.24, 2.45) is 5.92 Å². The van der Waals surface area contributed by atoms with E-state index in [-0.39, 0.29) is 5.92 Å². The molecule has 0 N–H and O–H groups in total. The summed E-state index contributed by atoms with van der Waals surface area (Å²) in [6.45, 7) is 3.77. The fraction of sp³-hybridized carbons (Fsp3) is 0.684. The van der Waals surface area contributed by atoms with E-state index >= 15 is 0 Å². The Morgan fingerprint density at radius 3 is 2.43 bits per heavy atom. The largest absolute Gasteiger partial charge is 0.300 e. The Labute approximate surface area is 129 Å². The molecule has 0 aromatic rings. The lowest BCUT2D eigenvalue weighted by Crippen LogP contribution is -2.14. The second kappa shape index (κ2) is 11.5. The molecule has 0 saturated carbocycles. The van der Waals surface area contributed by atoms with Gasteiger partial charge in [0.05, 0.1) is 0 Å². The third-order valence-electron chi connectivity index (χ3n) is 4.20. The number of carbonyl (C=O) groups is 2. The van der Waals surface area contributed by atoms with E-state index < -0.39 is 0 Å². The number of rotatable bonds is 2. The third kappa shape index (κ3) is 8.64. The van der Waals surface area contributed by atoms with Gasteiger partial charge in [-0.25, -0.2) is 0 Å². The highest BCUT2D eigenvalue weighted by Gasteiger charge is 2.16. The molecule has 0 fully saturated rings. The second-order valence-electron chi connectivity index (χ2n) is 6.08. The van der Waals surface area contributed by atoms with E-state index in [0.29, 0.717) is 30.8 Å². The number of carbonyl (C=O) groups excluding carboxylic acids is 2. The molecular formula is C19H30O2. The van der Waals surface area contributed by atoms with Crippen LogP contribution in [-0.2, 0) is 9.59 Å².